The van der Waals surface area contributed by atoms with Gasteiger partial charge in [0.15, 0.2) is 4.34 Å². The Hall–Kier alpha value is -2.17. The predicted octanol–water partition coefficient (Wildman–Crippen LogP) is 5.41. The first-order valence-corrected chi connectivity index (χ1v) is 13.1. The number of thiophene rings is 1. The van der Waals surface area contributed by atoms with Gasteiger partial charge in [-0.1, -0.05) is 48.4 Å². The van der Waals surface area contributed by atoms with Gasteiger partial charge in [-0.05, 0) is 36.4 Å². The fourth-order valence-corrected chi connectivity index (χ4v) is 6.37. The highest BCUT2D eigenvalue weighted by molar-refractivity contribution is 8.01. The summed E-state index contributed by atoms with van der Waals surface area (Å²) in [6, 6.07) is 8.06. The van der Waals surface area contributed by atoms with Gasteiger partial charge in [0.05, 0.1) is 22.6 Å². The van der Waals surface area contributed by atoms with E-state index >= 15 is 0 Å². The molecule has 4 heterocycles. The van der Waals surface area contributed by atoms with Crippen molar-refractivity contribution < 1.29 is 9.21 Å². The molecule has 0 saturated heterocycles. The summed E-state index contributed by atoms with van der Waals surface area (Å²) < 4.78 is 6.40. The van der Waals surface area contributed by atoms with E-state index in [1.54, 1.807) is 22.6 Å². The number of hydrogen-bond donors (Lipinski definition) is 1. The van der Waals surface area contributed by atoms with Crippen LogP contribution in [0.25, 0.3) is 0 Å². The van der Waals surface area contributed by atoms with Crippen LogP contribution in [0.4, 0.5) is 5.13 Å². The minimum Gasteiger partial charge on any atom is -0.467 e. The summed E-state index contributed by atoms with van der Waals surface area (Å²) in [5.74, 6) is 0.953. The Labute approximate surface area is 192 Å². The molecule has 0 aromatic carbocycles. The average Bonchev–Trinajstić information content (AvgIpc) is 3.59. The molecule has 2 aliphatic rings. The monoisotopic (exact) mass is 473 g/mol. The van der Waals surface area contributed by atoms with Crippen molar-refractivity contribution in [3.05, 3.63) is 46.5 Å². The molecular weight excluding hydrogens is 450 g/mol. The van der Waals surface area contributed by atoms with Gasteiger partial charge in [0.1, 0.15) is 11.8 Å². The van der Waals surface area contributed by atoms with E-state index in [9.17, 15) is 4.79 Å². The zero-order chi connectivity index (χ0) is 21.0. The Balaban J connectivity index is 1.23. The predicted molar refractivity (Wildman–Crippen MR) is 125 cm³/mol. The molecule has 1 saturated carbocycles. The summed E-state index contributed by atoms with van der Waals surface area (Å²) in [6.45, 7) is 0. The van der Waals surface area contributed by atoms with Gasteiger partial charge in [0.2, 0.25) is 5.13 Å². The first-order chi connectivity index (χ1) is 15.3. The van der Waals surface area contributed by atoms with Crippen LogP contribution in [0, 0.1) is 0 Å². The van der Waals surface area contributed by atoms with Gasteiger partial charge in [-0.3, -0.25) is 4.79 Å². The number of rotatable bonds is 7. The van der Waals surface area contributed by atoms with Crippen molar-refractivity contribution in [1.82, 2.24) is 15.2 Å². The SMILES string of the molecule is O=C(CSc1nnc(NC2CCCCC2)s1)N1N=C(c2cccs2)CC1c1ccco1. The maximum Gasteiger partial charge on any atom is 0.253 e. The van der Waals surface area contributed by atoms with E-state index in [2.05, 4.69) is 20.6 Å². The summed E-state index contributed by atoms with van der Waals surface area (Å²) in [4.78, 5) is 14.1. The molecule has 10 heteroatoms. The van der Waals surface area contributed by atoms with Crippen molar-refractivity contribution in [2.75, 3.05) is 11.1 Å². The van der Waals surface area contributed by atoms with Crippen LogP contribution in [0.15, 0.2) is 49.8 Å². The second-order valence-electron chi connectivity index (χ2n) is 7.64. The number of anilines is 1. The van der Waals surface area contributed by atoms with Crippen LogP contribution in [0.1, 0.15) is 55.2 Å². The van der Waals surface area contributed by atoms with Gasteiger partial charge in [-0.2, -0.15) is 5.10 Å². The first-order valence-electron chi connectivity index (χ1n) is 10.5. The molecular formula is C21H23N5O2S3. The zero-order valence-corrected chi connectivity index (χ0v) is 19.3. The Kier molecular flexibility index (Phi) is 6.37. The number of nitrogens with one attached hydrogen (secondary N) is 1. The van der Waals surface area contributed by atoms with Crippen molar-refractivity contribution >= 4 is 51.2 Å². The van der Waals surface area contributed by atoms with E-state index in [0.717, 1.165) is 25.8 Å². The maximum absolute atomic E-state index is 13.1. The van der Waals surface area contributed by atoms with Crippen LogP contribution in [-0.4, -0.2) is 38.6 Å². The Morgan fingerprint density at radius 2 is 2.13 bits per heavy atom. The van der Waals surface area contributed by atoms with Gasteiger partial charge < -0.3 is 9.73 Å². The molecule has 5 rings (SSSR count). The molecule has 31 heavy (non-hydrogen) atoms. The maximum atomic E-state index is 13.1. The molecule has 1 N–H and O–H groups in total. The number of hydrazone groups is 1. The molecule has 3 aromatic heterocycles. The Morgan fingerprint density at radius 1 is 1.23 bits per heavy atom. The zero-order valence-electron chi connectivity index (χ0n) is 16.9. The molecule has 0 radical (unpaired) electrons. The third kappa shape index (κ3) is 4.86. The van der Waals surface area contributed by atoms with Crippen molar-refractivity contribution in [2.24, 2.45) is 5.10 Å². The first kappa shape index (κ1) is 20.7. The molecule has 1 aliphatic heterocycles. The highest BCUT2D eigenvalue weighted by Crippen LogP contribution is 2.35. The molecule has 1 unspecified atom stereocenters. The second-order valence-corrected chi connectivity index (χ2v) is 10.8. The van der Waals surface area contributed by atoms with Crippen LogP contribution < -0.4 is 5.32 Å². The minimum absolute atomic E-state index is 0.0602. The van der Waals surface area contributed by atoms with E-state index < -0.39 is 0 Å². The molecule has 1 aliphatic carbocycles. The smallest absolute Gasteiger partial charge is 0.253 e. The van der Waals surface area contributed by atoms with Crippen LogP contribution in [0.2, 0.25) is 0 Å². The summed E-state index contributed by atoms with van der Waals surface area (Å²) in [5, 5.41) is 21.1. The number of furan rings is 1. The van der Waals surface area contributed by atoms with Gasteiger partial charge in [0.25, 0.3) is 5.91 Å². The van der Waals surface area contributed by atoms with Gasteiger partial charge >= 0.3 is 0 Å². The van der Waals surface area contributed by atoms with E-state index in [1.165, 1.54) is 55.2 Å². The van der Waals surface area contributed by atoms with Crippen LogP contribution in [-0.2, 0) is 4.79 Å². The van der Waals surface area contributed by atoms with E-state index in [-0.39, 0.29) is 17.7 Å². The number of thioether (sulfide) groups is 1. The third-order valence-corrected chi connectivity index (χ3v) is 8.39. The molecule has 162 valence electrons. The molecule has 0 bridgehead atoms. The number of carbonyl (C=O) groups is 1. The summed E-state index contributed by atoms with van der Waals surface area (Å²) in [6.07, 6.45) is 8.53. The Morgan fingerprint density at radius 3 is 2.90 bits per heavy atom. The Bertz CT molecular complexity index is 1030. The third-order valence-electron chi connectivity index (χ3n) is 5.50. The number of aromatic nitrogens is 2. The van der Waals surface area contributed by atoms with Crippen LogP contribution in [0.5, 0.6) is 0 Å². The van der Waals surface area contributed by atoms with E-state index in [4.69, 9.17) is 4.42 Å². The highest BCUT2D eigenvalue weighted by atomic mass is 32.2. The summed E-state index contributed by atoms with van der Waals surface area (Å²) in [7, 11) is 0. The van der Waals surface area contributed by atoms with E-state index in [0.29, 0.717) is 12.5 Å². The number of amides is 1. The summed E-state index contributed by atoms with van der Waals surface area (Å²) >= 11 is 4.56. The van der Waals surface area contributed by atoms with Gasteiger partial charge in [-0.15, -0.1) is 21.5 Å². The fourth-order valence-electron chi connectivity index (χ4n) is 3.97. The lowest BCUT2D eigenvalue weighted by Crippen LogP contribution is -2.28. The number of nitrogens with zero attached hydrogens (tertiary/aromatic N) is 4. The quantitative estimate of drug-likeness (QED) is 0.462. The summed E-state index contributed by atoms with van der Waals surface area (Å²) in [5.41, 5.74) is 0.921. The van der Waals surface area contributed by atoms with Crippen molar-refractivity contribution in [3.63, 3.8) is 0 Å². The standard InChI is InChI=1S/C21H23N5O2S3/c27-19(13-30-21-24-23-20(31-21)22-14-6-2-1-3-7-14)26-16(17-8-4-10-28-17)12-15(25-26)18-9-5-11-29-18/h4-5,8-11,14,16H,1-3,6-7,12-13H2,(H,22,23). The van der Waals surface area contributed by atoms with Crippen molar-refractivity contribution in [2.45, 2.75) is 54.9 Å². The normalized spacial score (nSPS) is 19.5. The molecule has 0 spiro atoms. The van der Waals surface area contributed by atoms with Crippen LogP contribution in [0.3, 0.4) is 0 Å². The van der Waals surface area contributed by atoms with Crippen molar-refractivity contribution in [1.29, 1.82) is 0 Å². The highest BCUT2D eigenvalue weighted by Gasteiger charge is 2.35. The fraction of sp³-hybridized carbons (Fsp3) is 0.429. The topological polar surface area (TPSA) is 83.6 Å². The lowest BCUT2D eigenvalue weighted by Gasteiger charge is -2.21. The van der Waals surface area contributed by atoms with Gasteiger partial charge in [-0.25, -0.2) is 5.01 Å². The molecule has 1 atom stereocenters. The lowest BCUT2D eigenvalue weighted by molar-refractivity contribution is -0.130. The lowest BCUT2D eigenvalue weighted by atomic mass is 9.96. The van der Waals surface area contributed by atoms with E-state index in [1.807, 2.05) is 29.6 Å². The number of hydrogen-bond acceptors (Lipinski definition) is 9. The largest absolute Gasteiger partial charge is 0.467 e. The van der Waals surface area contributed by atoms with Gasteiger partial charge in [0, 0.05) is 12.5 Å². The van der Waals surface area contributed by atoms with Crippen molar-refractivity contribution in [3.8, 4) is 0 Å². The number of carbonyl (C=O) groups excluding carboxylic acids is 1. The minimum atomic E-state index is -0.210. The van der Waals surface area contributed by atoms with Crippen LogP contribution >= 0.6 is 34.4 Å². The molecule has 3 aromatic rings. The average molecular weight is 474 g/mol. The molecule has 1 fully saturated rings. The molecule has 7 nitrogen and oxygen atoms in total. The molecule has 1 amide bonds. The second kappa shape index (κ2) is 9.54.